The highest BCUT2D eigenvalue weighted by atomic mass is 35.5. The summed E-state index contributed by atoms with van der Waals surface area (Å²) in [6.07, 6.45) is 0. The normalized spacial score (nSPS) is 10.2. The van der Waals surface area contributed by atoms with Crippen molar-refractivity contribution < 1.29 is 9.53 Å². The molecule has 0 spiro atoms. The van der Waals surface area contributed by atoms with E-state index in [1.807, 2.05) is 18.2 Å². The number of carbonyl (C=O) groups is 1. The molecule has 0 saturated heterocycles. The predicted molar refractivity (Wildman–Crippen MR) is 73.2 cm³/mol. The van der Waals surface area contributed by atoms with E-state index in [2.05, 4.69) is 0 Å². The van der Waals surface area contributed by atoms with Crippen LogP contribution in [0.5, 0.6) is 5.75 Å². The summed E-state index contributed by atoms with van der Waals surface area (Å²) in [4.78, 5) is 11.0. The van der Waals surface area contributed by atoms with Crippen LogP contribution in [0.4, 0.5) is 0 Å². The molecule has 2 aromatic carbocycles. The van der Waals surface area contributed by atoms with Crippen LogP contribution in [0.15, 0.2) is 42.5 Å². The van der Waals surface area contributed by atoms with Crippen molar-refractivity contribution in [3.05, 3.63) is 52.5 Å². The Hall–Kier alpha value is -1.51. The number of hydrogen-bond acceptors (Lipinski definition) is 2. The van der Waals surface area contributed by atoms with Gasteiger partial charge in [0.05, 0.1) is 5.02 Å². The van der Waals surface area contributed by atoms with Gasteiger partial charge in [0.1, 0.15) is 5.75 Å². The van der Waals surface area contributed by atoms with E-state index in [4.69, 9.17) is 27.9 Å². The molecule has 2 aromatic rings. The van der Waals surface area contributed by atoms with E-state index in [1.165, 1.54) is 6.92 Å². The third-order valence-electron chi connectivity index (χ3n) is 2.36. The number of ether oxygens (including phenoxy) is 1. The Morgan fingerprint density at radius 1 is 1.00 bits per heavy atom. The molecule has 0 bridgehead atoms. The van der Waals surface area contributed by atoms with Crippen molar-refractivity contribution in [1.29, 1.82) is 0 Å². The Morgan fingerprint density at radius 3 is 2.22 bits per heavy atom. The second-order valence-corrected chi connectivity index (χ2v) is 4.59. The van der Waals surface area contributed by atoms with Crippen molar-refractivity contribution in [3.63, 3.8) is 0 Å². The van der Waals surface area contributed by atoms with Crippen LogP contribution in [-0.4, -0.2) is 5.97 Å². The zero-order chi connectivity index (χ0) is 13.1. The first-order valence-corrected chi connectivity index (χ1v) is 6.06. The van der Waals surface area contributed by atoms with Crippen molar-refractivity contribution in [3.8, 4) is 16.9 Å². The van der Waals surface area contributed by atoms with Gasteiger partial charge >= 0.3 is 5.97 Å². The molecule has 0 heterocycles. The van der Waals surface area contributed by atoms with Gasteiger partial charge in [-0.2, -0.15) is 0 Å². The molecule has 18 heavy (non-hydrogen) atoms. The fourth-order valence-corrected chi connectivity index (χ4v) is 1.84. The fourth-order valence-electron chi connectivity index (χ4n) is 1.56. The molecule has 2 nitrogen and oxygen atoms in total. The van der Waals surface area contributed by atoms with Gasteiger partial charge in [0.15, 0.2) is 0 Å². The van der Waals surface area contributed by atoms with E-state index < -0.39 is 5.97 Å². The maximum atomic E-state index is 11.0. The molecule has 0 aliphatic rings. The number of rotatable bonds is 2. The minimum atomic E-state index is -0.398. The average molecular weight is 281 g/mol. The SMILES string of the molecule is CC(=O)Oc1cc(-c2ccc(Cl)cc2)ccc1Cl. The predicted octanol–water partition coefficient (Wildman–Crippen LogP) is 4.59. The number of esters is 1. The summed E-state index contributed by atoms with van der Waals surface area (Å²) >= 11 is 11.8. The van der Waals surface area contributed by atoms with Gasteiger partial charge in [-0.1, -0.05) is 41.4 Å². The Morgan fingerprint density at radius 2 is 1.61 bits per heavy atom. The summed E-state index contributed by atoms with van der Waals surface area (Å²) in [7, 11) is 0. The topological polar surface area (TPSA) is 26.3 Å². The highest BCUT2D eigenvalue weighted by Gasteiger charge is 2.07. The van der Waals surface area contributed by atoms with Crippen LogP contribution in [0.1, 0.15) is 6.92 Å². The van der Waals surface area contributed by atoms with Gasteiger partial charge in [0, 0.05) is 11.9 Å². The Balaban J connectivity index is 2.40. The van der Waals surface area contributed by atoms with Crippen LogP contribution in [0.25, 0.3) is 11.1 Å². The number of benzene rings is 2. The molecular weight excluding hydrogens is 271 g/mol. The smallest absolute Gasteiger partial charge is 0.308 e. The van der Waals surface area contributed by atoms with Gasteiger partial charge < -0.3 is 4.74 Å². The van der Waals surface area contributed by atoms with Crippen molar-refractivity contribution in [2.45, 2.75) is 6.92 Å². The van der Waals surface area contributed by atoms with E-state index >= 15 is 0 Å². The van der Waals surface area contributed by atoms with E-state index in [9.17, 15) is 4.79 Å². The molecule has 0 atom stereocenters. The summed E-state index contributed by atoms with van der Waals surface area (Å²) in [5, 5.41) is 1.08. The first-order chi connectivity index (χ1) is 8.56. The molecule has 0 aliphatic heterocycles. The maximum absolute atomic E-state index is 11.0. The third-order valence-corrected chi connectivity index (χ3v) is 2.93. The third kappa shape index (κ3) is 3.03. The molecule has 0 saturated carbocycles. The molecular formula is C14H10Cl2O2. The average Bonchev–Trinajstić information content (AvgIpc) is 2.32. The lowest BCUT2D eigenvalue weighted by atomic mass is 10.1. The van der Waals surface area contributed by atoms with Crippen molar-refractivity contribution in [1.82, 2.24) is 0 Å². The fraction of sp³-hybridized carbons (Fsp3) is 0.0714. The first-order valence-electron chi connectivity index (χ1n) is 5.30. The van der Waals surface area contributed by atoms with Gasteiger partial charge in [-0.15, -0.1) is 0 Å². The van der Waals surface area contributed by atoms with E-state index in [1.54, 1.807) is 24.3 Å². The van der Waals surface area contributed by atoms with Crippen LogP contribution in [0, 0.1) is 0 Å². The van der Waals surface area contributed by atoms with Gasteiger partial charge in [0.25, 0.3) is 0 Å². The molecule has 4 heteroatoms. The summed E-state index contributed by atoms with van der Waals surface area (Å²) in [5.41, 5.74) is 1.89. The molecule has 0 aliphatic carbocycles. The zero-order valence-electron chi connectivity index (χ0n) is 9.61. The summed E-state index contributed by atoms with van der Waals surface area (Å²) < 4.78 is 5.03. The molecule has 92 valence electrons. The Labute approximate surface area is 115 Å². The van der Waals surface area contributed by atoms with E-state index in [0.717, 1.165) is 11.1 Å². The van der Waals surface area contributed by atoms with Gasteiger partial charge in [-0.25, -0.2) is 0 Å². The van der Waals surface area contributed by atoms with Crippen molar-refractivity contribution >= 4 is 29.2 Å². The second kappa shape index (κ2) is 5.42. The van der Waals surface area contributed by atoms with E-state index in [0.29, 0.717) is 15.8 Å². The Bertz CT molecular complexity index is 577. The zero-order valence-corrected chi connectivity index (χ0v) is 11.1. The summed E-state index contributed by atoms with van der Waals surface area (Å²) in [5.74, 6) is -0.0400. The van der Waals surface area contributed by atoms with Crippen LogP contribution >= 0.6 is 23.2 Å². The quantitative estimate of drug-likeness (QED) is 0.594. The van der Waals surface area contributed by atoms with Crippen LogP contribution in [-0.2, 0) is 4.79 Å². The van der Waals surface area contributed by atoms with Gasteiger partial charge in [0.2, 0.25) is 0 Å². The number of hydrogen-bond donors (Lipinski definition) is 0. The highest BCUT2D eigenvalue weighted by molar-refractivity contribution is 6.32. The van der Waals surface area contributed by atoms with Crippen molar-refractivity contribution in [2.24, 2.45) is 0 Å². The molecule has 2 rings (SSSR count). The number of carbonyl (C=O) groups excluding carboxylic acids is 1. The standard InChI is InChI=1S/C14H10Cl2O2/c1-9(17)18-14-8-11(4-7-13(14)16)10-2-5-12(15)6-3-10/h2-8H,1H3. The summed E-state index contributed by atoms with van der Waals surface area (Å²) in [6, 6.07) is 12.7. The van der Waals surface area contributed by atoms with Crippen LogP contribution in [0.3, 0.4) is 0 Å². The van der Waals surface area contributed by atoms with Crippen LogP contribution < -0.4 is 4.74 Å². The molecule has 0 fully saturated rings. The van der Waals surface area contributed by atoms with Crippen LogP contribution in [0.2, 0.25) is 10.0 Å². The molecule has 0 amide bonds. The lowest BCUT2D eigenvalue weighted by Crippen LogP contribution is -2.01. The summed E-state index contributed by atoms with van der Waals surface area (Å²) in [6.45, 7) is 1.34. The largest absolute Gasteiger partial charge is 0.425 e. The molecule has 0 aromatic heterocycles. The molecule has 0 unspecified atom stereocenters. The van der Waals surface area contributed by atoms with Crippen molar-refractivity contribution in [2.75, 3.05) is 0 Å². The minimum absolute atomic E-state index is 0.358. The van der Waals surface area contributed by atoms with Gasteiger partial charge in [-0.05, 0) is 35.4 Å². The molecule has 0 radical (unpaired) electrons. The first kappa shape index (κ1) is 12.9. The molecule has 0 N–H and O–H groups in total. The Kier molecular flexibility index (Phi) is 3.90. The maximum Gasteiger partial charge on any atom is 0.308 e. The van der Waals surface area contributed by atoms with Gasteiger partial charge in [-0.3, -0.25) is 4.79 Å². The lowest BCUT2D eigenvalue weighted by Gasteiger charge is -2.07. The number of halogens is 2. The highest BCUT2D eigenvalue weighted by Crippen LogP contribution is 2.31. The minimum Gasteiger partial charge on any atom is -0.425 e. The second-order valence-electron chi connectivity index (χ2n) is 3.75. The lowest BCUT2D eigenvalue weighted by molar-refractivity contribution is -0.131. The monoisotopic (exact) mass is 280 g/mol. The van der Waals surface area contributed by atoms with E-state index in [-0.39, 0.29) is 0 Å².